The van der Waals surface area contributed by atoms with Crippen molar-refractivity contribution in [2.75, 3.05) is 18.9 Å². The van der Waals surface area contributed by atoms with E-state index in [0.717, 1.165) is 0 Å². The molecule has 0 radical (unpaired) electrons. The summed E-state index contributed by atoms with van der Waals surface area (Å²) in [6, 6.07) is 13.9. The molecule has 1 N–H and O–H groups in total. The van der Waals surface area contributed by atoms with Gasteiger partial charge >= 0.3 is 6.03 Å². The third kappa shape index (κ3) is 4.53. The molecule has 0 spiro atoms. The zero-order chi connectivity index (χ0) is 18.5. The molecule has 0 saturated heterocycles. The second kappa shape index (κ2) is 8.21. The standard InChI is InChI=1S/C18H16Cl2N4O2/c1-24(18(25)21-13-8-6-12(19)7-9-13)11-10-16-22-17(26-23-16)14-4-2-3-5-15(14)20/h2-9H,10-11H2,1H3,(H,21,25). The lowest BCUT2D eigenvalue weighted by Gasteiger charge is -2.17. The molecule has 1 aromatic heterocycles. The van der Waals surface area contributed by atoms with Crippen molar-refractivity contribution in [2.45, 2.75) is 6.42 Å². The first-order chi connectivity index (χ1) is 12.5. The van der Waals surface area contributed by atoms with E-state index in [-0.39, 0.29) is 6.03 Å². The highest BCUT2D eigenvalue weighted by Gasteiger charge is 2.14. The molecule has 0 aliphatic heterocycles. The summed E-state index contributed by atoms with van der Waals surface area (Å²) in [6.07, 6.45) is 0.457. The number of aromatic nitrogens is 2. The summed E-state index contributed by atoms with van der Waals surface area (Å²) in [4.78, 5) is 18.1. The monoisotopic (exact) mass is 390 g/mol. The van der Waals surface area contributed by atoms with Crippen LogP contribution in [0.2, 0.25) is 10.0 Å². The SMILES string of the molecule is CN(CCc1noc(-c2ccccc2Cl)n1)C(=O)Nc1ccc(Cl)cc1. The van der Waals surface area contributed by atoms with E-state index in [2.05, 4.69) is 15.5 Å². The molecule has 8 heteroatoms. The van der Waals surface area contributed by atoms with E-state index in [1.54, 1.807) is 42.3 Å². The lowest BCUT2D eigenvalue weighted by molar-refractivity contribution is 0.222. The largest absolute Gasteiger partial charge is 0.334 e. The fraction of sp³-hybridized carbons (Fsp3) is 0.167. The van der Waals surface area contributed by atoms with E-state index < -0.39 is 0 Å². The molecule has 0 unspecified atom stereocenters. The Bertz CT molecular complexity index is 896. The highest BCUT2D eigenvalue weighted by atomic mass is 35.5. The van der Waals surface area contributed by atoms with Gasteiger partial charge in [0.25, 0.3) is 5.89 Å². The van der Waals surface area contributed by atoms with E-state index in [9.17, 15) is 4.79 Å². The molecule has 1 heterocycles. The highest BCUT2D eigenvalue weighted by Crippen LogP contribution is 2.25. The molecule has 2 aromatic carbocycles. The minimum Gasteiger partial charge on any atom is -0.334 e. The lowest BCUT2D eigenvalue weighted by atomic mass is 10.2. The second-order valence-electron chi connectivity index (χ2n) is 5.60. The number of rotatable bonds is 5. The van der Waals surface area contributed by atoms with Crippen molar-refractivity contribution in [2.24, 2.45) is 0 Å². The highest BCUT2D eigenvalue weighted by molar-refractivity contribution is 6.33. The quantitative estimate of drug-likeness (QED) is 0.682. The number of hydrogen-bond donors (Lipinski definition) is 1. The van der Waals surface area contributed by atoms with E-state index in [1.807, 2.05) is 18.2 Å². The first-order valence-electron chi connectivity index (χ1n) is 7.88. The van der Waals surface area contributed by atoms with Crippen molar-refractivity contribution in [3.05, 3.63) is 64.4 Å². The summed E-state index contributed by atoms with van der Waals surface area (Å²) in [6.45, 7) is 0.431. The molecule has 0 atom stereocenters. The van der Waals surface area contributed by atoms with Crippen LogP contribution in [0.25, 0.3) is 11.5 Å². The van der Waals surface area contributed by atoms with Crippen molar-refractivity contribution < 1.29 is 9.32 Å². The number of nitrogens with one attached hydrogen (secondary N) is 1. The normalized spacial score (nSPS) is 10.6. The number of halogens is 2. The van der Waals surface area contributed by atoms with Gasteiger partial charge in [0.2, 0.25) is 0 Å². The molecule has 0 bridgehead atoms. The predicted octanol–water partition coefficient (Wildman–Crippen LogP) is 4.75. The van der Waals surface area contributed by atoms with Crippen molar-refractivity contribution in [1.29, 1.82) is 0 Å². The summed E-state index contributed by atoms with van der Waals surface area (Å²) in [7, 11) is 1.69. The molecule has 6 nitrogen and oxygen atoms in total. The van der Waals surface area contributed by atoms with Crippen LogP contribution in [0, 0.1) is 0 Å². The Labute approximate surface area is 160 Å². The fourth-order valence-corrected chi connectivity index (χ4v) is 2.56. The maximum Gasteiger partial charge on any atom is 0.321 e. The summed E-state index contributed by atoms with van der Waals surface area (Å²) in [5, 5.41) is 7.89. The van der Waals surface area contributed by atoms with Crippen LogP contribution in [0.15, 0.2) is 53.1 Å². The van der Waals surface area contributed by atoms with E-state index in [0.29, 0.717) is 46.0 Å². The molecule has 3 aromatic rings. The van der Waals surface area contributed by atoms with Gasteiger partial charge < -0.3 is 14.7 Å². The van der Waals surface area contributed by atoms with Gasteiger partial charge in [-0.3, -0.25) is 0 Å². The molecule has 134 valence electrons. The molecule has 0 aliphatic carbocycles. The van der Waals surface area contributed by atoms with E-state index in [4.69, 9.17) is 27.7 Å². The Morgan fingerprint density at radius 3 is 2.62 bits per heavy atom. The first-order valence-corrected chi connectivity index (χ1v) is 8.63. The number of carbonyl (C=O) groups excluding carboxylic acids is 1. The van der Waals surface area contributed by atoms with Crippen LogP contribution in [0.3, 0.4) is 0 Å². The Hall–Kier alpha value is -2.57. The van der Waals surface area contributed by atoms with Crippen molar-refractivity contribution in [3.8, 4) is 11.5 Å². The number of benzene rings is 2. The van der Waals surface area contributed by atoms with Gasteiger partial charge in [-0.25, -0.2) is 4.79 Å². The van der Waals surface area contributed by atoms with Gasteiger partial charge in [-0.1, -0.05) is 40.5 Å². The van der Waals surface area contributed by atoms with Gasteiger partial charge in [0.15, 0.2) is 5.82 Å². The van der Waals surface area contributed by atoms with Gasteiger partial charge in [0.1, 0.15) is 0 Å². The predicted molar refractivity (Wildman–Crippen MR) is 102 cm³/mol. The number of urea groups is 1. The van der Waals surface area contributed by atoms with Crippen molar-refractivity contribution in [3.63, 3.8) is 0 Å². The number of amides is 2. The molecule has 0 aliphatic rings. The lowest BCUT2D eigenvalue weighted by Crippen LogP contribution is -2.33. The summed E-state index contributed by atoms with van der Waals surface area (Å²) >= 11 is 12.0. The van der Waals surface area contributed by atoms with E-state index in [1.165, 1.54) is 0 Å². The van der Waals surface area contributed by atoms with Gasteiger partial charge in [-0.05, 0) is 36.4 Å². The number of anilines is 1. The van der Waals surface area contributed by atoms with Gasteiger partial charge in [0.05, 0.1) is 10.6 Å². The molecule has 0 fully saturated rings. The summed E-state index contributed by atoms with van der Waals surface area (Å²) in [5.41, 5.74) is 1.36. The van der Waals surface area contributed by atoms with Crippen LogP contribution in [-0.2, 0) is 6.42 Å². The van der Waals surface area contributed by atoms with Gasteiger partial charge in [0, 0.05) is 30.7 Å². The smallest absolute Gasteiger partial charge is 0.321 e. The molecule has 2 amide bonds. The van der Waals surface area contributed by atoms with Crippen LogP contribution < -0.4 is 5.32 Å². The van der Waals surface area contributed by atoms with Crippen LogP contribution in [0.4, 0.5) is 10.5 Å². The molecule has 0 saturated carbocycles. The van der Waals surface area contributed by atoms with Crippen LogP contribution in [0.5, 0.6) is 0 Å². The van der Waals surface area contributed by atoms with Crippen LogP contribution >= 0.6 is 23.2 Å². The third-order valence-electron chi connectivity index (χ3n) is 3.69. The fourth-order valence-electron chi connectivity index (χ4n) is 2.22. The topological polar surface area (TPSA) is 71.3 Å². The zero-order valence-electron chi connectivity index (χ0n) is 13.9. The maximum atomic E-state index is 12.2. The van der Waals surface area contributed by atoms with E-state index >= 15 is 0 Å². The second-order valence-corrected chi connectivity index (χ2v) is 6.45. The summed E-state index contributed by atoms with van der Waals surface area (Å²) < 4.78 is 5.25. The minimum absolute atomic E-state index is 0.234. The van der Waals surface area contributed by atoms with Crippen molar-refractivity contribution >= 4 is 34.9 Å². The van der Waals surface area contributed by atoms with Crippen LogP contribution in [-0.4, -0.2) is 34.7 Å². The van der Waals surface area contributed by atoms with Crippen molar-refractivity contribution in [1.82, 2.24) is 15.0 Å². The van der Waals surface area contributed by atoms with Gasteiger partial charge in [-0.2, -0.15) is 4.98 Å². The Morgan fingerprint density at radius 1 is 1.15 bits per heavy atom. The Morgan fingerprint density at radius 2 is 1.88 bits per heavy atom. The van der Waals surface area contributed by atoms with Gasteiger partial charge in [-0.15, -0.1) is 0 Å². The first kappa shape index (κ1) is 18.2. The number of nitrogens with zero attached hydrogens (tertiary/aromatic N) is 3. The average molecular weight is 391 g/mol. The maximum absolute atomic E-state index is 12.2. The molecule has 3 rings (SSSR count). The molecular formula is C18H16Cl2N4O2. The third-order valence-corrected chi connectivity index (χ3v) is 4.27. The number of likely N-dealkylation sites (N-methyl/N-ethyl adjacent to an activating group) is 1. The Balaban J connectivity index is 1.56. The molecular weight excluding hydrogens is 375 g/mol. The molecule has 26 heavy (non-hydrogen) atoms. The summed E-state index contributed by atoms with van der Waals surface area (Å²) in [5.74, 6) is 0.866. The average Bonchev–Trinajstić information content (AvgIpc) is 3.10. The zero-order valence-corrected chi connectivity index (χ0v) is 15.5. The number of carbonyl (C=O) groups is 1. The Kier molecular flexibility index (Phi) is 5.75. The number of hydrogen-bond acceptors (Lipinski definition) is 4. The van der Waals surface area contributed by atoms with Crippen LogP contribution in [0.1, 0.15) is 5.82 Å². The minimum atomic E-state index is -0.234.